The van der Waals surface area contributed by atoms with Gasteiger partial charge in [-0.25, -0.2) is 0 Å². The van der Waals surface area contributed by atoms with Gasteiger partial charge in [0.1, 0.15) is 5.76 Å². The lowest BCUT2D eigenvalue weighted by molar-refractivity contribution is 0.274. The second-order valence-corrected chi connectivity index (χ2v) is 6.82. The summed E-state index contributed by atoms with van der Waals surface area (Å²) in [4.78, 5) is 0. The van der Waals surface area contributed by atoms with Crippen molar-refractivity contribution in [3.05, 3.63) is 47.2 Å². The van der Waals surface area contributed by atoms with Gasteiger partial charge in [0, 0.05) is 30.4 Å². The van der Waals surface area contributed by atoms with E-state index in [1.54, 1.807) is 6.26 Å². The van der Waals surface area contributed by atoms with E-state index in [4.69, 9.17) is 10.2 Å². The summed E-state index contributed by atoms with van der Waals surface area (Å²) in [5.74, 6) is 1.05. The first-order chi connectivity index (χ1) is 9.46. The normalized spacial score (nSPS) is 20.9. The summed E-state index contributed by atoms with van der Waals surface area (Å²) < 4.78 is 7.87. The van der Waals surface area contributed by atoms with Crippen LogP contribution in [0.4, 0.5) is 0 Å². The molecule has 0 aliphatic heterocycles. The molecule has 1 atom stereocenters. The number of furan rings is 1. The number of aryl methyl sites for hydroxylation is 2. The fourth-order valence-corrected chi connectivity index (χ4v) is 3.49. The van der Waals surface area contributed by atoms with Gasteiger partial charge in [-0.1, -0.05) is 13.8 Å². The Morgan fingerprint density at radius 1 is 1.45 bits per heavy atom. The molecule has 3 nitrogen and oxygen atoms in total. The first-order valence-corrected chi connectivity index (χ1v) is 7.43. The summed E-state index contributed by atoms with van der Waals surface area (Å²) in [6.45, 7) is 7.78. The zero-order chi connectivity index (χ0) is 14.3. The maximum atomic E-state index is 6.36. The number of aromatic nitrogens is 1. The van der Waals surface area contributed by atoms with Crippen LogP contribution in [0, 0.1) is 12.3 Å². The highest BCUT2D eigenvalue weighted by atomic mass is 16.3. The van der Waals surface area contributed by atoms with Gasteiger partial charge in [-0.2, -0.15) is 0 Å². The highest BCUT2D eigenvalue weighted by Gasteiger charge is 2.33. The molecule has 0 amide bonds. The Bertz CT molecular complexity index is 593. The Morgan fingerprint density at radius 2 is 2.25 bits per heavy atom. The highest BCUT2D eigenvalue weighted by molar-refractivity contribution is 5.34. The van der Waals surface area contributed by atoms with Crippen LogP contribution < -0.4 is 5.73 Å². The molecule has 2 N–H and O–H groups in total. The van der Waals surface area contributed by atoms with Gasteiger partial charge in [0.05, 0.1) is 6.26 Å². The van der Waals surface area contributed by atoms with E-state index in [2.05, 4.69) is 31.4 Å². The van der Waals surface area contributed by atoms with Crippen molar-refractivity contribution < 1.29 is 4.42 Å². The third kappa shape index (κ3) is 2.42. The molecular formula is C17H24N2O. The van der Waals surface area contributed by atoms with Crippen LogP contribution in [0.2, 0.25) is 0 Å². The van der Waals surface area contributed by atoms with Crippen LogP contribution in [-0.2, 0) is 19.4 Å². The van der Waals surface area contributed by atoms with Crippen LogP contribution in [0.15, 0.2) is 28.9 Å². The van der Waals surface area contributed by atoms with Gasteiger partial charge in [-0.3, -0.25) is 0 Å². The van der Waals surface area contributed by atoms with E-state index in [-0.39, 0.29) is 6.04 Å². The van der Waals surface area contributed by atoms with Gasteiger partial charge in [-0.05, 0) is 48.9 Å². The maximum Gasteiger partial charge on any atom is 0.105 e. The standard InChI is InChI=1S/C17H24N2O/c1-12-9-14-15(18)10-17(2,3)11-16(14)19(12)7-6-13-5-4-8-20-13/h4-5,8-9,15H,6-7,10-11,18H2,1-3H3. The number of hydrogen-bond donors (Lipinski definition) is 1. The van der Waals surface area contributed by atoms with Gasteiger partial charge in [0.25, 0.3) is 0 Å². The lowest BCUT2D eigenvalue weighted by Gasteiger charge is -2.34. The predicted octanol–water partition coefficient (Wildman–Crippen LogP) is 3.60. The monoisotopic (exact) mass is 272 g/mol. The smallest absolute Gasteiger partial charge is 0.105 e. The largest absolute Gasteiger partial charge is 0.469 e. The van der Waals surface area contributed by atoms with Crippen molar-refractivity contribution in [2.75, 3.05) is 0 Å². The van der Waals surface area contributed by atoms with Crippen molar-refractivity contribution in [3.8, 4) is 0 Å². The number of nitrogens with two attached hydrogens (primary N) is 1. The van der Waals surface area contributed by atoms with Crippen molar-refractivity contribution in [1.82, 2.24) is 4.57 Å². The predicted molar refractivity (Wildman–Crippen MR) is 80.6 cm³/mol. The molecule has 2 heterocycles. The Hall–Kier alpha value is -1.48. The Labute approximate surface area is 120 Å². The van der Waals surface area contributed by atoms with Crippen LogP contribution in [0.25, 0.3) is 0 Å². The van der Waals surface area contributed by atoms with Crippen molar-refractivity contribution in [2.24, 2.45) is 11.1 Å². The zero-order valence-corrected chi connectivity index (χ0v) is 12.6. The molecule has 3 rings (SSSR count). The Balaban J connectivity index is 1.88. The molecule has 0 spiro atoms. The van der Waals surface area contributed by atoms with Crippen LogP contribution in [0.1, 0.15) is 49.0 Å². The van der Waals surface area contributed by atoms with E-state index in [1.807, 2.05) is 12.1 Å². The average molecular weight is 272 g/mol. The molecule has 0 saturated carbocycles. The molecule has 108 valence electrons. The summed E-state index contributed by atoms with van der Waals surface area (Å²) in [6, 6.07) is 6.45. The van der Waals surface area contributed by atoms with Gasteiger partial charge in [0.2, 0.25) is 0 Å². The summed E-state index contributed by atoms with van der Waals surface area (Å²) in [5.41, 5.74) is 10.7. The average Bonchev–Trinajstić information content (AvgIpc) is 2.94. The molecule has 20 heavy (non-hydrogen) atoms. The molecule has 2 aromatic rings. The zero-order valence-electron chi connectivity index (χ0n) is 12.6. The minimum absolute atomic E-state index is 0.178. The molecule has 2 aromatic heterocycles. The molecule has 0 aromatic carbocycles. The molecule has 1 aliphatic carbocycles. The summed E-state index contributed by atoms with van der Waals surface area (Å²) in [7, 11) is 0. The van der Waals surface area contributed by atoms with Crippen LogP contribution in [0.5, 0.6) is 0 Å². The molecular weight excluding hydrogens is 248 g/mol. The van der Waals surface area contributed by atoms with E-state index < -0.39 is 0 Å². The lowest BCUT2D eigenvalue weighted by Crippen LogP contribution is -2.30. The molecule has 1 aliphatic rings. The molecule has 0 saturated heterocycles. The maximum absolute atomic E-state index is 6.36. The summed E-state index contributed by atoms with van der Waals surface area (Å²) in [6.07, 6.45) is 4.86. The fraction of sp³-hybridized carbons (Fsp3) is 0.529. The van der Waals surface area contributed by atoms with Crippen LogP contribution in [-0.4, -0.2) is 4.57 Å². The van der Waals surface area contributed by atoms with Crippen LogP contribution >= 0.6 is 0 Å². The summed E-state index contributed by atoms with van der Waals surface area (Å²) in [5, 5.41) is 0. The number of nitrogens with zero attached hydrogens (tertiary/aromatic N) is 1. The van der Waals surface area contributed by atoms with Gasteiger partial charge in [-0.15, -0.1) is 0 Å². The number of fused-ring (bicyclic) bond motifs is 1. The van der Waals surface area contributed by atoms with E-state index in [0.29, 0.717) is 5.41 Å². The number of rotatable bonds is 3. The first-order valence-electron chi connectivity index (χ1n) is 7.43. The van der Waals surface area contributed by atoms with E-state index in [9.17, 15) is 0 Å². The third-order valence-electron chi connectivity index (χ3n) is 4.43. The van der Waals surface area contributed by atoms with Gasteiger partial charge in [0.15, 0.2) is 0 Å². The second-order valence-electron chi connectivity index (χ2n) is 6.82. The lowest BCUT2D eigenvalue weighted by atomic mass is 9.74. The molecule has 1 unspecified atom stereocenters. The van der Waals surface area contributed by atoms with Gasteiger partial charge < -0.3 is 14.7 Å². The van der Waals surface area contributed by atoms with E-state index >= 15 is 0 Å². The van der Waals surface area contributed by atoms with E-state index in [0.717, 1.165) is 31.6 Å². The fourth-order valence-electron chi connectivity index (χ4n) is 3.49. The number of hydrogen-bond acceptors (Lipinski definition) is 2. The quantitative estimate of drug-likeness (QED) is 0.927. The topological polar surface area (TPSA) is 44.1 Å². The first kappa shape index (κ1) is 13.5. The molecule has 3 heteroatoms. The molecule has 0 fully saturated rings. The second kappa shape index (κ2) is 4.81. The van der Waals surface area contributed by atoms with E-state index in [1.165, 1.54) is 17.0 Å². The minimum atomic E-state index is 0.178. The highest BCUT2D eigenvalue weighted by Crippen LogP contribution is 2.40. The van der Waals surface area contributed by atoms with Crippen molar-refractivity contribution in [2.45, 2.75) is 52.6 Å². The summed E-state index contributed by atoms with van der Waals surface area (Å²) >= 11 is 0. The SMILES string of the molecule is Cc1cc2c(n1CCc1ccco1)CC(C)(C)CC2N. The third-order valence-corrected chi connectivity index (χ3v) is 4.43. The Kier molecular flexibility index (Phi) is 3.25. The minimum Gasteiger partial charge on any atom is -0.469 e. The molecule has 0 bridgehead atoms. The molecule has 0 radical (unpaired) electrons. The van der Waals surface area contributed by atoms with Gasteiger partial charge >= 0.3 is 0 Å². The van der Waals surface area contributed by atoms with Crippen molar-refractivity contribution in [1.29, 1.82) is 0 Å². The van der Waals surface area contributed by atoms with Crippen LogP contribution in [0.3, 0.4) is 0 Å². The van der Waals surface area contributed by atoms with Crippen molar-refractivity contribution in [3.63, 3.8) is 0 Å². The Morgan fingerprint density at radius 3 is 2.95 bits per heavy atom. The van der Waals surface area contributed by atoms with Crippen molar-refractivity contribution >= 4 is 0 Å².